The van der Waals surface area contributed by atoms with E-state index >= 15 is 0 Å². The summed E-state index contributed by atoms with van der Waals surface area (Å²) in [6.07, 6.45) is 8.59. The minimum Gasteiger partial charge on any atom is -0.465 e. The average molecular weight is 455 g/mol. The third-order valence-corrected chi connectivity index (χ3v) is 6.05. The summed E-state index contributed by atoms with van der Waals surface area (Å²) in [5, 5.41) is 0. The van der Waals surface area contributed by atoms with Gasteiger partial charge in [0.05, 0.1) is 25.0 Å². The molecule has 2 unspecified atom stereocenters. The molecule has 0 saturated heterocycles. The lowest BCUT2D eigenvalue weighted by molar-refractivity contribution is -0.171. The van der Waals surface area contributed by atoms with Gasteiger partial charge in [-0.05, 0) is 35.5 Å². The van der Waals surface area contributed by atoms with Gasteiger partial charge in [-0.1, -0.05) is 108 Å². The van der Waals surface area contributed by atoms with Crippen LogP contribution < -0.4 is 0 Å². The fraction of sp³-hybridized carbons (Fsp3) is 0.929. The summed E-state index contributed by atoms with van der Waals surface area (Å²) >= 11 is 0. The van der Waals surface area contributed by atoms with E-state index in [4.69, 9.17) is 9.47 Å². The molecule has 0 aromatic heterocycles. The molecule has 2 atom stereocenters. The monoisotopic (exact) mass is 454 g/mol. The van der Waals surface area contributed by atoms with Gasteiger partial charge in [-0.25, -0.2) is 0 Å². The normalized spacial score (nSPS) is 14.5. The quantitative estimate of drug-likeness (QED) is 0.187. The fourth-order valence-electron chi connectivity index (χ4n) is 4.17. The van der Waals surface area contributed by atoms with E-state index in [1.54, 1.807) is 0 Å². The van der Waals surface area contributed by atoms with Crippen LogP contribution in [0.5, 0.6) is 0 Å². The van der Waals surface area contributed by atoms with Crippen molar-refractivity contribution in [3.63, 3.8) is 0 Å². The van der Waals surface area contributed by atoms with Gasteiger partial charge < -0.3 is 9.47 Å². The van der Waals surface area contributed by atoms with Gasteiger partial charge in [-0.3, -0.25) is 9.59 Å². The second kappa shape index (κ2) is 15.0. The molecular formula is C28H54O4. The number of rotatable bonds is 15. The summed E-state index contributed by atoms with van der Waals surface area (Å²) in [5.74, 6) is -0.197. The Hall–Kier alpha value is -1.06. The molecule has 0 fully saturated rings. The Morgan fingerprint density at radius 1 is 0.562 bits per heavy atom. The second-order valence-electron chi connectivity index (χ2n) is 12.5. The average Bonchev–Trinajstić information content (AvgIpc) is 2.62. The highest BCUT2D eigenvalue weighted by atomic mass is 16.5. The molecular weight excluding hydrogens is 400 g/mol. The summed E-state index contributed by atoms with van der Waals surface area (Å²) in [6, 6.07) is 0. The van der Waals surface area contributed by atoms with Crippen LogP contribution in [0.1, 0.15) is 121 Å². The number of esters is 2. The SMILES string of the molecule is CC(C)CCCCCOC(=O)C(C(C(=O)OCCCCCC(C)C)C(C)(C)C)C(C)(C)C. The van der Waals surface area contributed by atoms with Crippen molar-refractivity contribution in [2.75, 3.05) is 13.2 Å². The molecule has 0 spiro atoms. The van der Waals surface area contributed by atoms with Crippen LogP contribution in [0, 0.1) is 34.5 Å². The molecule has 190 valence electrons. The number of carbonyl (C=O) groups excluding carboxylic acids is 2. The summed E-state index contributed by atoms with van der Waals surface area (Å²) in [4.78, 5) is 26.3. The molecule has 4 nitrogen and oxygen atoms in total. The van der Waals surface area contributed by atoms with Crippen molar-refractivity contribution < 1.29 is 19.1 Å². The molecule has 0 heterocycles. The summed E-state index contributed by atoms with van der Waals surface area (Å²) in [7, 11) is 0. The molecule has 0 aromatic rings. The highest BCUT2D eigenvalue weighted by Crippen LogP contribution is 2.43. The van der Waals surface area contributed by atoms with Crippen molar-refractivity contribution in [3.05, 3.63) is 0 Å². The minimum absolute atomic E-state index is 0.268. The van der Waals surface area contributed by atoms with E-state index in [9.17, 15) is 9.59 Å². The van der Waals surface area contributed by atoms with Crippen molar-refractivity contribution in [2.45, 2.75) is 121 Å². The van der Waals surface area contributed by atoms with Crippen molar-refractivity contribution in [2.24, 2.45) is 34.5 Å². The van der Waals surface area contributed by atoms with Crippen molar-refractivity contribution in [1.82, 2.24) is 0 Å². The van der Waals surface area contributed by atoms with Gasteiger partial charge in [0.1, 0.15) is 0 Å². The van der Waals surface area contributed by atoms with Crippen molar-refractivity contribution in [1.29, 1.82) is 0 Å². The molecule has 0 N–H and O–H groups in total. The Labute approximate surface area is 199 Å². The Morgan fingerprint density at radius 2 is 0.875 bits per heavy atom. The van der Waals surface area contributed by atoms with Crippen LogP contribution in [0.2, 0.25) is 0 Å². The van der Waals surface area contributed by atoms with Crippen LogP contribution in [-0.2, 0) is 19.1 Å². The summed E-state index contributed by atoms with van der Waals surface area (Å²) < 4.78 is 11.4. The van der Waals surface area contributed by atoms with Gasteiger partial charge in [0.15, 0.2) is 0 Å². The lowest BCUT2D eigenvalue weighted by Gasteiger charge is -2.40. The first-order chi connectivity index (χ1) is 14.7. The van der Waals surface area contributed by atoms with Crippen LogP contribution in [-0.4, -0.2) is 25.2 Å². The first-order valence-corrected chi connectivity index (χ1v) is 13.0. The summed E-state index contributed by atoms with van der Waals surface area (Å²) in [6.45, 7) is 21.8. The Kier molecular flexibility index (Phi) is 14.5. The lowest BCUT2D eigenvalue weighted by Crippen LogP contribution is -2.46. The summed E-state index contributed by atoms with van der Waals surface area (Å²) in [5.41, 5.74) is -0.800. The number of hydrogen-bond donors (Lipinski definition) is 0. The van der Waals surface area contributed by atoms with Gasteiger partial charge in [-0.15, -0.1) is 0 Å². The van der Waals surface area contributed by atoms with Gasteiger partial charge in [0, 0.05) is 0 Å². The zero-order chi connectivity index (χ0) is 24.9. The van der Waals surface area contributed by atoms with E-state index < -0.39 is 22.7 Å². The topological polar surface area (TPSA) is 52.6 Å². The van der Waals surface area contributed by atoms with Crippen LogP contribution >= 0.6 is 0 Å². The van der Waals surface area contributed by atoms with Crippen molar-refractivity contribution >= 4 is 11.9 Å². The molecule has 0 aliphatic heterocycles. The second-order valence-corrected chi connectivity index (χ2v) is 12.5. The molecule has 0 aliphatic rings. The van der Waals surface area contributed by atoms with E-state index in [0.717, 1.165) is 38.5 Å². The molecule has 0 saturated carbocycles. The molecule has 32 heavy (non-hydrogen) atoms. The van der Waals surface area contributed by atoms with E-state index in [1.807, 2.05) is 41.5 Å². The maximum atomic E-state index is 13.2. The molecule has 0 aliphatic carbocycles. The van der Waals surface area contributed by atoms with Gasteiger partial charge in [0.2, 0.25) is 0 Å². The van der Waals surface area contributed by atoms with E-state index in [1.165, 1.54) is 12.8 Å². The molecule has 0 amide bonds. The Bertz CT molecular complexity index is 475. The first kappa shape index (κ1) is 30.9. The standard InChI is InChI=1S/C28H54O4/c1-21(2)17-13-11-15-19-31-25(29)23(27(5,6)7)24(28(8,9)10)26(30)32-20-16-12-14-18-22(3)4/h21-24H,11-20H2,1-10H3. The molecule has 0 radical (unpaired) electrons. The number of hydrogen-bond acceptors (Lipinski definition) is 4. The zero-order valence-corrected chi connectivity index (χ0v) is 23.0. The minimum atomic E-state index is -0.536. The third-order valence-electron chi connectivity index (χ3n) is 6.05. The predicted molar refractivity (Wildman–Crippen MR) is 134 cm³/mol. The zero-order valence-electron chi connectivity index (χ0n) is 23.0. The number of unbranched alkanes of at least 4 members (excludes halogenated alkanes) is 4. The molecule has 0 rings (SSSR count). The molecule has 0 bridgehead atoms. The lowest BCUT2D eigenvalue weighted by atomic mass is 9.64. The number of ether oxygens (including phenoxy) is 2. The largest absolute Gasteiger partial charge is 0.465 e. The highest BCUT2D eigenvalue weighted by molar-refractivity contribution is 5.83. The Balaban J connectivity index is 5.00. The van der Waals surface area contributed by atoms with Crippen LogP contribution in [0.15, 0.2) is 0 Å². The maximum Gasteiger partial charge on any atom is 0.310 e. The van der Waals surface area contributed by atoms with Crippen LogP contribution in [0.25, 0.3) is 0 Å². The molecule has 0 aromatic carbocycles. The number of carbonyl (C=O) groups is 2. The van der Waals surface area contributed by atoms with E-state index in [2.05, 4.69) is 27.7 Å². The highest BCUT2D eigenvalue weighted by Gasteiger charge is 2.49. The van der Waals surface area contributed by atoms with E-state index in [-0.39, 0.29) is 11.9 Å². The smallest absolute Gasteiger partial charge is 0.310 e. The van der Waals surface area contributed by atoms with Gasteiger partial charge in [-0.2, -0.15) is 0 Å². The van der Waals surface area contributed by atoms with E-state index in [0.29, 0.717) is 25.0 Å². The van der Waals surface area contributed by atoms with Crippen LogP contribution in [0.4, 0.5) is 0 Å². The van der Waals surface area contributed by atoms with Crippen LogP contribution in [0.3, 0.4) is 0 Å². The Morgan fingerprint density at radius 3 is 1.12 bits per heavy atom. The first-order valence-electron chi connectivity index (χ1n) is 13.0. The maximum absolute atomic E-state index is 13.2. The van der Waals surface area contributed by atoms with Gasteiger partial charge >= 0.3 is 11.9 Å². The van der Waals surface area contributed by atoms with Gasteiger partial charge in [0.25, 0.3) is 0 Å². The third kappa shape index (κ3) is 13.5. The fourth-order valence-corrected chi connectivity index (χ4v) is 4.17. The predicted octanol–water partition coefficient (Wildman–Crippen LogP) is 7.83. The van der Waals surface area contributed by atoms with Crippen molar-refractivity contribution in [3.8, 4) is 0 Å². The molecule has 4 heteroatoms.